The van der Waals surface area contributed by atoms with Gasteiger partial charge in [0.2, 0.25) is 0 Å². The van der Waals surface area contributed by atoms with Gasteiger partial charge < -0.3 is 14.4 Å². The van der Waals surface area contributed by atoms with Crippen LogP contribution in [0.2, 0.25) is 0 Å². The highest BCUT2D eigenvalue weighted by molar-refractivity contribution is 5.94. The molecule has 3 rings (SSSR count). The highest BCUT2D eigenvalue weighted by Gasteiger charge is 2.44. The van der Waals surface area contributed by atoms with Gasteiger partial charge in [-0.25, -0.2) is 4.79 Å². The van der Waals surface area contributed by atoms with Crippen LogP contribution in [0, 0.1) is 5.92 Å². The van der Waals surface area contributed by atoms with Crippen LogP contribution in [0.25, 0.3) is 0 Å². The van der Waals surface area contributed by atoms with Crippen LogP contribution < -0.4 is 0 Å². The molecule has 3 atom stereocenters. The molecule has 108 valence electrons. The third-order valence-corrected chi connectivity index (χ3v) is 4.62. The largest absolute Gasteiger partial charge is 0.480 e. The van der Waals surface area contributed by atoms with Gasteiger partial charge >= 0.3 is 5.97 Å². The highest BCUT2D eigenvalue weighted by Crippen LogP contribution is 2.38. The van der Waals surface area contributed by atoms with Gasteiger partial charge in [-0.1, -0.05) is 12.8 Å². The number of fused-ring (bicyclic) bond motifs is 1. The zero-order valence-corrected chi connectivity index (χ0v) is 11.3. The summed E-state index contributed by atoms with van der Waals surface area (Å²) in [5.41, 5.74) is 0. The van der Waals surface area contributed by atoms with Gasteiger partial charge in [-0.3, -0.25) is 4.79 Å². The Bertz CT molecular complexity index is 496. The SMILES string of the molecule is O=C(O)C1CCC2CCCCC2N1C(=O)c1ccco1. The summed E-state index contributed by atoms with van der Waals surface area (Å²) >= 11 is 0. The van der Waals surface area contributed by atoms with Crippen LogP contribution in [0.3, 0.4) is 0 Å². The smallest absolute Gasteiger partial charge is 0.326 e. The molecule has 2 heterocycles. The van der Waals surface area contributed by atoms with Crippen molar-refractivity contribution in [2.45, 2.75) is 50.6 Å². The quantitative estimate of drug-likeness (QED) is 0.901. The Labute approximate surface area is 117 Å². The van der Waals surface area contributed by atoms with E-state index in [1.807, 2.05) is 0 Å². The predicted molar refractivity (Wildman–Crippen MR) is 71.3 cm³/mol. The first-order valence-electron chi connectivity index (χ1n) is 7.27. The monoisotopic (exact) mass is 277 g/mol. The Hall–Kier alpha value is -1.78. The van der Waals surface area contributed by atoms with Crippen LogP contribution in [-0.4, -0.2) is 34.0 Å². The number of furan rings is 1. The van der Waals surface area contributed by atoms with E-state index in [2.05, 4.69) is 0 Å². The number of piperidine rings is 1. The van der Waals surface area contributed by atoms with Gasteiger partial charge in [-0.05, 0) is 43.7 Å². The summed E-state index contributed by atoms with van der Waals surface area (Å²) in [4.78, 5) is 25.7. The van der Waals surface area contributed by atoms with E-state index in [0.717, 1.165) is 25.7 Å². The van der Waals surface area contributed by atoms with E-state index in [1.165, 1.54) is 12.7 Å². The summed E-state index contributed by atoms with van der Waals surface area (Å²) in [6.07, 6.45) is 7.15. The van der Waals surface area contributed by atoms with E-state index >= 15 is 0 Å². The van der Waals surface area contributed by atoms with Gasteiger partial charge in [0, 0.05) is 6.04 Å². The van der Waals surface area contributed by atoms with Crippen molar-refractivity contribution >= 4 is 11.9 Å². The van der Waals surface area contributed by atoms with Crippen LogP contribution in [0.15, 0.2) is 22.8 Å². The van der Waals surface area contributed by atoms with Gasteiger partial charge in [0.1, 0.15) is 6.04 Å². The van der Waals surface area contributed by atoms with Crippen molar-refractivity contribution in [3.05, 3.63) is 24.2 Å². The Morgan fingerprint density at radius 2 is 2.00 bits per heavy atom. The van der Waals surface area contributed by atoms with Gasteiger partial charge in [-0.2, -0.15) is 0 Å². The van der Waals surface area contributed by atoms with Gasteiger partial charge in [0.25, 0.3) is 5.91 Å². The first-order valence-corrected chi connectivity index (χ1v) is 7.27. The van der Waals surface area contributed by atoms with Crippen molar-refractivity contribution in [3.63, 3.8) is 0 Å². The number of hydrogen-bond donors (Lipinski definition) is 1. The Morgan fingerprint density at radius 3 is 2.70 bits per heavy atom. The van der Waals surface area contributed by atoms with E-state index < -0.39 is 12.0 Å². The Kier molecular flexibility index (Phi) is 3.51. The van der Waals surface area contributed by atoms with Crippen molar-refractivity contribution < 1.29 is 19.1 Å². The second-order valence-corrected chi connectivity index (χ2v) is 5.73. The summed E-state index contributed by atoms with van der Waals surface area (Å²) in [5, 5.41) is 9.42. The fourth-order valence-corrected chi connectivity index (χ4v) is 3.70. The standard InChI is InChI=1S/C15H19NO4/c17-14(13-6-3-9-20-13)16-11-5-2-1-4-10(11)7-8-12(16)15(18)19/h3,6,9-12H,1-2,4-5,7-8H2,(H,18,19). The average molecular weight is 277 g/mol. The van der Waals surface area contributed by atoms with E-state index in [-0.39, 0.29) is 17.7 Å². The lowest BCUT2D eigenvalue weighted by molar-refractivity contribution is -0.146. The maximum absolute atomic E-state index is 12.6. The molecule has 1 aliphatic heterocycles. The molecular formula is C15H19NO4. The minimum Gasteiger partial charge on any atom is -0.480 e. The molecule has 0 aromatic carbocycles. The molecule has 1 amide bonds. The Morgan fingerprint density at radius 1 is 1.20 bits per heavy atom. The van der Waals surface area contributed by atoms with E-state index in [0.29, 0.717) is 12.3 Å². The summed E-state index contributed by atoms with van der Waals surface area (Å²) in [7, 11) is 0. The second-order valence-electron chi connectivity index (χ2n) is 5.73. The summed E-state index contributed by atoms with van der Waals surface area (Å²) < 4.78 is 5.17. The molecule has 1 aliphatic carbocycles. The second kappa shape index (κ2) is 5.31. The van der Waals surface area contributed by atoms with Crippen molar-refractivity contribution in [2.75, 3.05) is 0 Å². The van der Waals surface area contributed by atoms with E-state index in [1.54, 1.807) is 17.0 Å². The first-order chi connectivity index (χ1) is 9.68. The molecular weight excluding hydrogens is 258 g/mol. The van der Waals surface area contributed by atoms with Gasteiger partial charge in [0.05, 0.1) is 6.26 Å². The minimum absolute atomic E-state index is 0.0520. The molecule has 20 heavy (non-hydrogen) atoms. The topological polar surface area (TPSA) is 70.8 Å². The number of amides is 1. The van der Waals surface area contributed by atoms with Gasteiger partial charge in [0.15, 0.2) is 5.76 Å². The molecule has 3 unspecified atom stereocenters. The van der Waals surface area contributed by atoms with Crippen LogP contribution in [-0.2, 0) is 4.79 Å². The summed E-state index contributed by atoms with van der Waals surface area (Å²) in [6, 6.07) is 2.60. The molecule has 1 saturated heterocycles. The molecule has 1 saturated carbocycles. The zero-order valence-electron chi connectivity index (χ0n) is 11.3. The lowest BCUT2D eigenvalue weighted by atomic mass is 9.76. The number of hydrogen-bond acceptors (Lipinski definition) is 3. The van der Waals surface area contributed by atoms with Gasteiger partial charge in [-0.15, -0.1) is 0 Å². The number of rotatable bonds is 2. The van der Waals surface area contributed by atoms with E-state index in [4.69, 9.17) is 4.42 Å². The number of likely N-dealkylation sites (tertiary alicyclic amines) is 1. The van der Waals surface area contributed by atoms with Crippen molar-refractivity contribution in [1.29, 1.82) is 0 Å². The number of carboxylic acids is 1. The number of carbonyl (C=O) groups excluding carboxylic acids is 1. The molecule has 5 nitrogen and oxygen atoms in total. The van der Waals surface area contributed by atoms with Crippen molar-refractivity contribution in [1.82, 2.24) is 4.90 Å². The van der Waals surface area contributed by atoms with E-state index in [9.17, 15) is 14.7 Å². The number of nitrogens with zero attached hydrogens (tertiary/aromatic N) is 1. The van der Waals surface area contributed by atoms with Crippen LogP contribution in [0.4, 0.5) is 0 Å². The maximum atomic E-state index is 12.6. The fraction of sp³-hybridized carbons (Fsp3) is 0.600. The normalized spacial score (nSPS) is 29.8. The number of carbonyl (C=O) groups is 2. The third-order valence-electron chi connectivity index (χ3n) is 4.62. The lowest BCUT2D eigenvalue weighted by Gasteiger charge is -2.46. The fourth-order valence-electron chi connectivity index (χ4n) is 3.70. The highest BCUT2D eigenvalue weighted by atomic mass is 16.4. The predicted octanol–water partition coefficient (Wildman–Crippen LogP) is 2.53. The Balaban J connectivity index is 1.91. The molecule has 1 N–H and O–H groups in total. The van der Waals surface area contributed by atoms with Crippen molar-refractivity contribution in [3.8, 4) is 0 Å². The minimum atomic E-state index is -0.908. The zero-order chi connectivity index (χ0) is 14.1. The first kappa shape index (κ1) is 13.2. The average Bonchev–Trinajstić information content (AvgIpc) is 2.99. The van der Waals surface area contributed by atoms with Crippen LogP contribution in [0.1, 0.15) is 49.1 Å². The maximum Gasteiger partial charge on any atom is 0.326 e. The molecule has 0 spiro atoms. The molecule has 1 aromatic rings. The summed E-state index contributed by atoms with van der Waals surface area (Å²) in [5.74, 6) is -0.506. The van der Waals surface area contributed by atoms with Crippen molar-refractivity contribution in [2.24, 2.45) is 5.92 Å². The van der Waals surface area contributed by atoms with Crippen LogP contribution in [0.5, 0.6) is 0 Å². The molecule has 2 aliphatic rings. The molecule has 5 heteroatoms. The third kappa shape index (κ3) is 2.21. The lowest BCUT2D eigenvalue weighted by Crippen LogP contribution is -2.57. The summed E-state index contributed by atoms with van der Waals surface area (Å²) in [6.45, 7) is 0. The molecule has 0 radical (unpaired) electrons. The molecule has 1 aromatic heterocycles. The molecule has 0 bridgehead atoms. The van der Waals surface area contributed by atoms with Crippen LogP contribution >= 0.6 is 0 Å². The number of carboxylic acid groups (broad SMARTS) is 1. The number of aliphatic carboxylic acids is 1. The molecule has 2 fully saturated rings.